The molecule has 0 aliphatic carbocycles. The molecular formula is C22H31N5O4. The zero-order chi connectivity index (χ0) is 23.0. The minimum atomic E-state index is -1.07. The lowest BCUT2D eigenvalue weighted by atomic mass is 9.86. The summed E-state index contributed by atoms with van der Waals surface area (Å²) in [6, 6.07) is 8.64. The fourth-order valence-corrected chi connectivity index (χ4v) is 3.19. The zero-order valence-electron chi connectivity index (χ0n) is 18.3. The number of nitriles is 1. The lowest BCUT2D eigenvalue weighted by Gasteiger charge is -2.30. The van der Waals surface area contributed by atoms with Crippen LogP contribution in [0.25, 0.3) is 10.9 Å². The number of amides is 2. The molecule has 4 N–H and O–H groups in total. The Morgan fingerprint density at radius 2 is 1.97 bits per heavy atom. The summed E-state index contributed by atoms with van der Waals surface area (Å²) in [5.41, 5.74) is 0.445. The minimum absolute atomic E-state index is 0.113. The number of aryl methyl sites for hydroxylation is 1. The Bertz CT molecular complexity index is 942. The summed E-state index contributed by atoms with van der Waals surface area (Å²) in [5.74, 6) is -0.918. The minimum Gasteiger partial charge on any atom is -0.394 e. The summed E-state index contributed by atoms with van der Waals surface area (Å²) >= 11 is 0. The van der Waals surface area contributed by atoms with Gasteiger partial charge in [0.15, 0.2) is 5.69 Å². The Labute approximate surface area is 182 Å². The first-order valence-electron chi connectivity index (χ1n) is 10.4. The maximum atomic E-state index is 13.1. The van der Waals surface area contributed by atoms with Crippen LogP contribution in [0.1, 0.15) is 50.5 Å². The number of para-hydroxylation sites is 1. The van der Waals surface area contributed by atoms with Gasteiger partial charge in [-0.25, -0.2) is 0 Å². The van der Waals surface area contributed by atoms with Gasteiger partial charge < -0.3 is 20.8 Å². The monoisotopic (exact) mass is 429 g/mol. The first-order chi connectivity index (χ1) is 14.7. The van der Waals surface area contributed by atoms with Crippen molar-refractivity contribution in [2.24, 2.45) is 5.41 Å². The van der Waals surface area contributed by atoms with E-state index in [4.69, 9.17) is 10.4 Å². The van der Waals surface area contributed by atoms with Crippen LogP contribution in [0.5, 0.6) is 0 Å². The number of benzene rings is 1. The number of nitrogens with one attached hydrogen (secondary N) is 2. The number of aliphatic hydroxyl groups is 2. The number of carbonyl (C=O) groups excluding carboxylic acids is 2. The molecule has 0 bridgehead atoms. The van der Waals surface area contributed by atoms with Crippen LogP contribution in [0.3, 0.4) is 0 Å². The average molecular weight is 430 g/mol. The average Bonchev–Trinajstić information content (AvgIpc) is 3.11. The third kappa shape index (κ3) is 6.51. The molecule has 2 aromatic rings. The molecule has 31 heavy (non-hydrogen) atoms. The van der Waals surface area contributed by atoms with Gasteiger partial charge in [-0.3, -0.25) is 14.3 Å². The summed E-state index contributed by atoms with van der Waals surface area (Å²) in [4.78, 5) is 25.8. The van der Waals surface area contributed by atoms with Gasteiger partial charge in [-0.2, -0.15) is 10.4 Å². The maximum Gasteiger partial charge on any atom is 0.273 e. The number of hydrogen-bond donors (Lipinski definition) is 4. The van der Waals surface area contributed by atoms with Crippen LogP contribution in [-0.4, -0.2) is 57.1 Å². The Hall–Kier alpha value is -2.96. The number of aliphatic hydroxyl groups excluding tert-OH is 2. The molecule has 2 unspecified atom stereocenters. The van der Waals surface area contributed by atoms with E-state index in [0.717, 1.165) is 18.4 Å². The largest absolute Gasteiger partial charge is 0.394 e. The summed E-state index contributed by atoms with van der Waals surface area (Å²) in [6.07, 6.45) is 0.916. The highest BCUT2D eigenvalue weighted by Crippen LogP contribution is 2.23. The molecular weight excluding hydrogens is 398 g/mol. The van der Waals surface area contributed by atoms with Crippen LogP contribution in [0.15, 0.2) is 24.3 Å². The second kappa shape index (κ2) is 10.9. The van der Waals surface area contributed by atoms with E-state index in [2.05, 4.69) is 21.8 Å². The molecule has 0 radical (unpaired) electrons. The molecule has 1 heterocycles. The van der Waals surface area contributed by atoms with Gasteiger partial charge in [0.05, 0.1) is 24.3 Å². The van der Waals surface area contributed by atoms with Crippen LogP contribution in [-0.2, 0) is 11.3 Å². The summed E-state index contributed by atoms with van der Waals surface area (Å²) in [6.45, 7) is 5.48. The molecule has 0 aliphatic rings. The summed E-state index contributed by atoms with van der Waals surface area (Å²) in [5, 5.41) is 37.7. The topological polar surface area (TPSA) is 140 Å². The summed E-state index contributed by atoms with van der Waals surface area (Å²) < 4.78 is 1.76. The lowest BCUT2D eigenvalue weighted by Crippen LogP contribution is -2.54. The van der Waals surface area contributed by atoms with Gasteiger partial charge in [0.1, 0.15) is 6.04 Å². The molecule has 168 valence electrons. The van der Waals surface area contributed by atoms with Crippen molar-refractivity contribution >= 4 is 22.7 Å². The third-order valence-corrected chi connectivity index (χ3v) is 4.91. The van der Waals surface area contributed by atoms with Crippen molar-refractivity contribution in [3.05, 3.63) is 30.0 Å². The molecule has 9 heteroatoms. The zero-order valence-corrected chi connectivity index (χ0v) is 18.3. The van der Waals surface area contributed by atoms with Crippen molar-refractivity contribution in [3.63, 3.8) is 0 Å². The van der Waals surface area contributed by atoms with Gasteiger partial charge in [0, 0.05) is 24.9 Å². The maximum absolute atomic E-state index is 13.1. The first-order valence-corrected chi connectivity index (χ1v) is 10.4. The van der Waals surface area contributed by atoms with Crippen LogP contribution in [0.2, 0.25) is 0 Å². The van der Waals surface area contributed by atoms with Crippen molar-refractivity contribution in [2.75, 3.05) is 13.2 Å². The second-order valence-corrected chi connectivity index (χ2v) is 8.56. The van der Waals surface area contributed by atoms with Crippen LogP contribution in [0.4, 0.5) is 0 Å². The number of aromatic nitrogens is 2. The van der Waals surface area contributed by atoms with Gasteiger partial charge in [-0.05, 0) is 24.3 Å². The molecule has 1 aromatic carbocycles. The molecule has 0 saturated heterocycles. The van der Waals surface area contributed by atoms with Gasteiger partial charge >= 0.3 is 0 Å². The lowest BCUT2D eigenvalue weighted by molar-refractivity contribution is -0.125. The van der Waals surface area contributed by atoms with Crippen LogP contribution in [0, 0.1) is 16.7 Å². The Morgan fingerprint density at radius 1 is 1.26 bits per heavy atom. The van der Waals surface area contributed by atoms with Gasteiger partial charge in [-0.1, -0.05) is 39.0 Å². The van der Waals surface area contributed by atoms with Gasteiger partial charge in [0.25, 0.3) is 5.91 Å². The van der Waals surface area contributed by atoms with E-state index < -0.39 is 36.0 Å². The van der Waals surface area contributed by atoms with E-state index in [1.165, 1.54) is 0 Å². The van der Waals surface area contributed by atoms with Crippen LogP contribution < -0.4 is 10.6 Å². The molecule has 2 rings (SSSR count). The SMILES string of the molecule is CC(C)(C)C(NC(=O)c1nn(CCCCC#N)c2ccccc12)C(=O)NCC(O)CO. The molecule has 0 spiro atoms. The molecule has 0 fully saturated rings. The smallest absolute Gasteiger partial charge is 0.273 e. The number of rotatable bonds is 10. The van der Waals surface area contributed by atoms with E-state index in [9.17, 15) is 14.7 Å². The van der Waals surface area contributed by atoms with E-state index in [1.54, 1.807) is 4.68 Å². The third-order valence-electron chi connectivity index (χ3n) is 4.91. The molecule has 1 aromatic heterocycles. The normalized spacial score (nSPS) is 13.4. The highest BCUT2D eigenvalue weighted by atomic mass is 16.3. The van der Waals surface area contributed by atoms with Crippen molar-refractivity contribution in [2.45, 2.75) is 58.7 Å². The predicted octanol–water partition coefficient (Wildman–Crippen LogP) is 1.34. The highest BCUT2D eigenvalue weighted by Gasteiger charge is 2.34. The summed E-state index contributed by atoms with van der Waals surface area (Å²) in [7, 11) is 0. The Morgan fingerprint density at radius 3 is 2.61 bits per heavy atom. The first kappa shape index (κ1) is 24.3. The Kier molecular flexibility index (Phi) is 8.54. The number of unbranched alkanes of at least 4 members (excludes halogenated alkanes) is 2. The predicted molar refractivity (Wildman–Crippen MR) is 116 cm³/mol. The van der Waals surface area contributed by atoms with Crippen molar-refractivity contribution in [1.82, 2.24) is 20.4 Å². The van der Waals surface area contributed by atoms with E-state index in [-0.39, 0.29) is 12.2 Å². The van der Waals surface area contributed by atoms with E-state index in [0.29, 0.717) is 18.4 Å². The van der Waals surface area contributed by atoms with Crippen molar-refractivity contribution in [3.8, 4) is 6.07 Å². The number of carbonyl (C=O) groups is 2. The van der Waals surface area contributed by atoms with Crippen molar-refractivity contribution in [1.29, 1.82) is 5.26 Å². The van der Waals surface area contributed by atoms with Crippen LogP contribution >= 0.6 is 0 Å². The number of fused-ring (bicyclic) bond motifs is 1. The van der Waals surface area contributed by atoms with E-state index >= 15 is 0 Å². The van der Waals surface area contributed by atoms with E-state index in [1.807, 2.05) is 45.0 Å². The molecule has 2 atom stereocenters. The van der Waals surface area contributed by atoms with Crippen molar-refractivity contribution < 1.29 is 19.8 Å². The Balaban J connectivity index is 2.23. The highest BCUT2D eigenvalue weighted by molar-refractivity contribution is 6.06. The molecule has 0 saturated carbocycles. The second-order valence-electron chi connectivity index (χ2n) is 8.56. The fraction of sp³-hybridized carbons (Fsp3) is 0.545. The molecule has 0 aliphatic heterocycles. The quantitative estimate of drug-likeness (QED) is 0.420. The number of nitrogens with zero attached hydrogens (tertiary/aromatic N) is 3. The fourth-order valence-electron chi connectivity index (χ4n) is 3.19. The van der Waals surface area contributed by atoms with Gasteiger partial charge in [0.2, 0.25) is 5.91 Å². The molecule has 9 nitrogen and oxygen atoms in total. The standard InChI is InChI=1S/C22H31N5O4/c1-22(2,3)19(21(31)24-13-15(29)14-28)25-20(30)18-16-9-5-6-10-17(16)27(26-18)12-8-4-7-11-23/h5-6,9-10,15,19,28-29H,4,7-8,12-14H2,1-3H3,(H,24,31)(H,25,30). The molecule has 2 amide bonds. The van der Waals surface area contributed by atoms with Gasteiger partial charge in [-0.15, -0.1) is 0 Å². The number of hydrogen-bond acceptors (Lipinski definition) is 6.